The van der Waals surface area contributed by atoms with Crippen molar-refractivity contribution in [2.24, 2.45) is 0 Å². The Bertz CT molecular complexity index is 1020. The first-order valence-corrected chi connectivity index (χ1v) is 10.4. The summed E-state index contributed by atoms with van der Waals surface area (Å²) in [7, 11) is -3.83. The standard InChI is InChI=1S/C20H22N2O5S/c1-14-7-8-17(11-15(14)2)28(25,26)21-12-20(24)27-13-19(23)22-10-9-16-5-3-4-6-18(16)22/h3-8,11,21H,9-10,12-13H2,1-2H3. The number of anilines is 1. The number of nitrogens with zero attached hydrogens (tertiary/aromatic N) is 1. The number of ether oxygens (including phenoxy) is 1. The highest BCUT2D eigenvalue weighted by atomic mass is 32.2. The molecule has 0 radical (unpaired) electrons. The van der Waals surface area contributed by atoms with Crippen LogP contribution in [0.1, 0.15) is 16.7 Å². The number of hydrogen-bond acceptors (Lipinski definition) is 5. The van der Waals surface area contributed by atoms with Gasteiger partial charge in [-0.05, 0) is 55.2 Å². The molecule has 1 aliphatic heterocycles. The number of nitrogens with one attached hydrogen (secondary N) is 1. The van der Waals surface area contributed by atoms with Gasteiger partial charge >= 0.3 is 5.97 Å². The number of sulfonamides is 1. The average Bonchev–Trinajstić information content (AvgIpc) is 3.11. The van der Waals surface area contributed by atoms with Crippen molar-refractivity contribution in [3.8, 4) is 0 Å². The molecule has 1 aliphatic rings. The molecule has 0 aromatic heterocycles. The normalized spacial score (nSPS) is 13.3. The predicted octanol–water partition coefficient (Wildman–Crippen LogP) is 1.71. The van der Waals surface area contributed by atoms with Crippen LogP contribution in [0.5, 0.6) is 0 Å². The predicted molar refractivity (Wildman–Crippen MR) is 105 cm³/mol. The summed E-state index contributed by atoms with van der Waals surface area (Å²) in [6, 6.07) is 12.3. The van der Waals surface area contributed by atoms with Crippen molar-refractivity contribution in [2.45, 2.75) is 25.2 Å². The fourth-order valence-electron chi connectivity index (χ4n) is 2.99. The van der Waals surface area contributed by atoms with Crippen molar-refractivity contribution in [3.05, 3.63) is 59.2 Å². The Labute approximate surface area is 164 Å². The van der Waals surface area contributed by atoms with Crippen LogP contribution in [-0.2, 0) is 30.8 Å². The van der Waals surface area contributed by atoms with Crippen LogP contribution in [0.25, 0.3) is 0 Å². The zero-order valence-electron chi connectivity index (χ0n) is 15.8. The number of carbonyl (C=O) groups excluding carboxylic acids is 2. The van der Waals surface area contributed by atoms with Gasteiger partial charge in [0.05, 0.1) is 4.90 Å². The Balaban J connectivity index is 1.52. The third-order valence-electron chi connectivity index (χ3n) is 4.74. The molecule has 0 atom stereocenters. The number of esters is 1. The fourth-order valence-corrected chi connectivity index (χ4v) is 4.04. The summed E-state index contributed by atoms with van der Waals surface area (Å²) in [4.78, 5) is 25.8. The summed E-state index contributed by atoms with van der Waals surface area (Å²) >= 11 is 0. The van der Waals surface area contributed by atoms with Crippen LogP contribution in [0, 0.1) is 13.8 Å². The lowest BCUT2D eigenvalue weighted by Gasteiger charge is -2.17. The molecule has 7 nitrogen and oxygen atoms in total. The average molecular weight is 402 g/mol. The lowest BCUT2D eigenvalue weighted by atomic mass is 10.1. The summed E-state index contributed by atoms with van der Waals surface area (Å²) in [6.07, 6.45) is 0.756. The van der Waals surface area contributed by atoms with Gasteiger partial charge in [0.25, 0.3) is 5.91 Å². The molecule has 0 spiro atoms. The molecule has 0 saturated carbocycles. The van der Waals surface area contributed by atoms with Crippen LogP contribution in [0.3, 0.4) is 0 Å². The summed E-state index contributed by atoms with van der Waals surface area (Å²) in [5, 5.41) is 0. The van der Waals surface area contributed by atoms with E-state index in [1.165, 1.54) is 12.1 Å². The topological polar surface area (TPSA) is 92.8 Å². The smallest absolute Gasteiger partial charge is 0.321 e. The van der Waals surface area contributed by atoms with Crippen LogP contribution in [0.4, 0.5) is 5.69 Å². The number of carbonyl (C=O) groups is 2. The molecule has 1 heterocycles. The molecule has 28 heavy (non-hydrogen) atoms. The highest BCUT2D eigenvalue weighted by Crippen LogP contribution is 2.27. The first-order chi connectivity index (χ1) is 13.3. The quantitative estimate of drug-likeness (QED) is 0.743. The Kier molecular flexibility index (Phi) is 5.81. The van der Waals surface area contributed by atoms with Crippen LogP contribution < -0.4 is 9.62 Å². The first kappa shape index (κ1) is 20.0. The Morgan fingerprint density at radius 1 is 1.11 bits per heavy atom. The van der Waals surface area contributed by atoms with Crippen LogP contribution in [0.2, 0.25) is 0 Å². The van der Waals surface area contributed by atoms with Crippen molar-refractivity contribution in [1.29, 1.82) is 0 Å². The summed E-state index contributed by atoms with van der Waals surface area (Å²) in [6.45, 7) is 3.25. The van der Waals surface area contributed by atoms with E-state index < -0.39 is 29.1 Å². The molecule has 0 fully saturated rings. The lowest BCUT2D eigenvalue weighted by molar-refractivity contribution is -0.146. The third-order valence-corrected chi connectivity index (χ3v) is 6.14. The molecule has 148 valence electrons. The molecule has 3 rings (SSSR count). The lowest BCUT2D eigenvalue weighted by Crippen LogP contribution is -2.36. The van der Waals surface area contributed by atoms with Gasteiger partial charge in [0, 0.05) is 12.2 Å². The maximum Gasteiger partial charge on any atom is 0.321 e. The minimum Gasteiger partial charge on any atom is -0.455 e. The monoisotopic (exact) mass is 402 g/mol. The van der Waals surface area contributed by atoms with Crippen LogP contribution in [-0.4, -0.2) is 40.0 Å². The molecule has 1 amide bonds. The van der Waals surface area contributed by atoms with Gasteiger partial charge in [-0.3, -0.25) is 9.59 Å². The molecule has 1 N–H and O–H groups in total. The van der Waals surface area contributed by atoms with Crippen LogP contribution in [0.15, 0.2) is 47.4 Å². The van der Waals surface area contributed by atoms with Crippen LogP contribution >= 0.6 is 0 Å². The first-order valence-electron chi connectivity index (χ1n) is 8.89. The van der Waals surface area contributed by atoms with Crippen molar-refractivity contribution in [1.82, 2.24) is 4.72 Å². The largest absolute Gasteiger partial charge is 0.455 e. The van der Waals surface area contributed by atoms with E-state index in [-0.39, 0.29) is 10.8 Å². The number of benzene rings is 2. The molecule has 8 heteroatoms. The van der Waals surface area contributed by atoms with Gasteiger partial charge in [0.2, 0.25) is 10.0 Å². The van der Waals surface area contributed by atoms with Crippen molar-refractivity contribution >= 4 is 27.6 Å². The van der Waals surface area contributed by atoms with Crippen molar-refractivity contribution in [3.63, 3.8) is 0 Å². The molecule has 0 saturated heterocycles. The Morgan fingerprint density at radius 2 is 1.86 bits per heavy atom. The number of rotatable bonds is 6. The second-order valence-corrected chi connectivity index (χ2v) is 8.42. The minimum atomic E-state index is -3.83. The number of fused-ring (bicyclic) bond motifs is 1. The van der Waals surface area contributed by atoms with E-state index >= 15 is 0 Å². The summed E-state index contributed by atoms with van der Waals surface area (Å²) in [5.74, 6) is -1.15. The maximum absolute atomic E-state index is 12.3. The third kappa shape index (κ3) is 4.40. The van der Waals surface area contributed by atoms with Gasteiger partial charge < -0.3 is 9.64 Å². The second kappa shape index (κ2) is 8.12. The highest BCUT2D eigenvalue weighted by Gasteiger charge is 2.25. The van der Waals surface area contributed by atoms with E-state index in [0.717, 1.165) is 28.8 Å². The summed E-state index contributed by atoms with van der Waals surface area (Å²) in [5.41, 5.74) is 3.70. The number of para-hydroxylation sites is 1. The van der Waals surface area contributed by atoms with E-state index in [0.29, 0.717) is 6.54 Å². The molecule has 2 aromatic rings. The zero-order chi connectivity index (χ0) is 20.3. The number of amides is 1. The highest BCUT2D eigenvalue weighted by molar-refractivity contribution is 7.89. The van der Waals surface area contributed by atoms with Gasteiger partial charge in [0.1, 0.15) is 6.54 Å². The van der Waals surface area contributed by atoms with E-state index in [1.54, 1.807) is 11.0 Å². The molecular weight excluding hydrogens is 380 g/mol. The van der Waals surface area contributed by atoms with Crippen molar-refractivity contribution < 1.29 is 22.7 Å². The maximum atomic E-state index is 12.3. The molecule has 2 aromatic carbocycles. The molecular formula is C20H22N2O5S. The van der Waals surface area contributed by atoms with Crippen molar-refractivity contribution in [2.75, 3.05) is 24.6 Å². The SMILES string of the molecule is Cc1ccc(S(=O)(=O)NCC(=O)OCC(=O)N2CCc3ccccc32)cc1C. The van der Waals surface area contributed by atoms with Gasteiger partial charge in [-0.2, -0.15) is 4.72 Å². The molecule has 0 aliphatic carbocycles. The fraction of sp³-hybridized carbons (Fsp3) is 0.300. The van der Waals surface area contributed by atoms with E-state index in [1.807, 2.05) is 38.1 Å². The second-order valence-electron chi connectivity index (χ2n) is 6.66. The minimum absolute atomic E-state index is 0.0770. The van der Waals surface area contributed by atoms with Gasteiger partial charge in [0.15, 0.2) is 6.61 Å². The number of aryl methyl sites for hydroxylation is 2. The van der Waals surface area contributed by atoms with Gasteiger partial charge in [-0.15, -0.1) is 0 Å². The van der Waals surface area contributed by atoms with Gasteiger partial charge in [-0.1, -0.05) is 24.3 Å². The number of hydrogen-bond donors (Lipinski definition) is 1. The summed E-state index contributed by atoms with van der Waals surface area (Å²) < 4.78 is 31.7. The van der Waals surface area contributed by atoms with E-state index in [4.69, 9.17) is 4.74 Å². The molecule has 0 bridgehead atoms. The van der Waals surface area contributed by atoms with E-state index in [2.05, 4.69) is 4.72 Å². The van der Waals surface area contributed by atoms with E-state index in [9.17, 15) is 18.0 Å². The molecule has 0 unspecified atom stereocenters. The zero-order valence-corrected chi connectivity index (χ0v) is 16.6. The Morgan fingerprint density at radius 3 is 2.61 bits per heavy atom. The Hall–Kier alpha value is -2.71. The van der Waals surface area contributed by atoms with Gasteiger partial charge in [-0.25, -0.2) is 8.42 Å².